The zero-order chi connectivity index (χ0) is 13.0. The highest BCUT2D eigenvalue weighted by molar-refractivity contribution is 5.84. The Kier molecular flexibility index (Phi) is 4.32. The summed E-state index contributed by atoms with van der Waals surface area (Å²) in [5.74, 6) is 1.43. The van der Waals surface area contributed by atoms with E-state index in [0.29, 0.717) is 5.92 Å². The molecular weight excluding hydrogens is 220 g/mol. The van der Waals surface area contributed by atoms with Crippen LogP contribution in [0.4, 0.5) is 0 Å². The van der Waals surface area contributed by atoms with E-state index in [9.17, 15) is 0 Å². The summed E-state index contributed by atoms with van der Waals surface area (Å²) in [7, 11) is 0. The zero-order valence-electron chi connectivity index (χ0n) is 11.5. The number of pyridine rings is 1. The van der Waals surface area contributed by atoms with Crippen molar-refractivity contribution in [3.8, 4) is 0 Å². The Morgan fingerprint density at radius 3 is 2.67 bits per heavy atom. The molecule has 2 rings (SSSR count). The van der Waals surface area contributed by atoms with Gasteiger partial charge in [-0.15, -0.1) is 0 Å². The SMILES string of the molecule is CC(C)C(C)CNCc1cncc2ccccc12. The van der Waals surface area contributed by atoms with E-state index in [2.05, 4.69) is 55.3 Å². The van der Waals surface area contributed by atoms with E-state index in [1.165, 1.54) is 16.3 Å². The third-order valence-corrected chi connectivity index (χ3v) is 3.67. The molecule has 0 saturated heterocycles. The maximum atomic E-state index is 4.31. The lowest BCUT2D eigenvalue weighted by atomic mass is 9.98. The molecule has 2 heteroatoms. The Labute approximate surface area is 109 Å². The molecule has 1 aromatic heterocycles. The molecule has 0 amide bonds. The molecular formula is C16H22N2. The molecule has 0 spiro atoms. The molecule has 0 bridgehead atoms. The molecule has 0 fully saturated rings. The molecule has 1 atom stereocenters. The molecule has 1 heterocycles. The molecule has 18 heavy (non-hydrogen) atoms. The van der Waals surface area contributed by atoms with Crippen LogP contribution in [0, 0.1) is 11.8 Å². The maximum absolute atomic E-state index is 4.31. The number of benzene rings is 1. The molecule has 2 nitrogen and oxygen atoms in total. The minimum atomic E-state index is 0.702. The highest BCUT2D eigenvalue weighted by Crippen LogP contribution is 2.17. The number of fused-ring (bicyclic) bond motifs is 1. The number of hydrogen-bond donors (Lipinski definition) is 1. The van der Waals surface area contributed by atoms with Crippen molar-refractivity contribution in [1.82, 2.24) is 10.3 Å². The third-order valence-electron chi connectivity index (χ3n) is 3.67. The molecule has 1 aromatic carbocycles. The Morgan fingerprint density at radius 2 is 1.89 bits per heavy atom. The Hall–Kier alpha value is -1.41. The van der Waals surface area contributed by atoms with Crippen LogP contribution in [0.5, 0.6) is 0 Å². The first-order valence-corrected chi connectivity index (χ1v) is 6.71. The number of hydrogen-bond acceptors (Lipinski definition) is 2. The second kappa shape index (κ2) is 5.96. The number of nitrogens with one attached hydrogen (secondary N) is 1. The van der Waals surface area contributed by atoms with Crippen LogP contribution in [-0.2, 0) is 6.54 Å². The van der Waals surface area contributed by atoms with Gasteiger partial charge in [0, 0.05) is 24.3 Å². The molecule has 0 radical (unpaired) electrons. The number of rotatable bonds is 5. The lowest BCUT2D eigenvalue weighted by Crippen LogP contribution is -2.23. The minimum Gasteiger partial charge on any atom is -0.312 e. The lowest BCUT2D eigenvalue weighted by Gasteiger charge is -2.16. The van der Waals surface area contributed by atoms with Gasteiger partial charge in [0.1, 0.15) is 0 Å². The molecule has 0 aliphatic carbocycles. The Morgan fingerprint density at radius 1 is 1.11 bits per heavy atom. The van der Waals surface area contributed by atoms with Crippen LogP contribution in [0.1, 0.15) is 26.3 Å². The van der Waals surface area contributed by atoms with Gasteiger partial charge in [0.15, 0.2) is 0 Å². The maximum Gasteiger partial charge on any atom is 0.0346 e. The molecule has 0 saturated carbocycles. The van der Waals surface area contributed by atoms with Crippen LogP contribution in [0.3, 0.4) is 0 Å². The summed E-state index contributed by atoms with van der Waals surface area (Å²) in [6.07, 6.45) is 3.89. The van der Waals surface area contributed by atoms with Crippen molar-refractivity contribution >= 4 is 10.8 Å². The molecule has 0 aliphatic rings. The average Bonchev–Trinajstić information content (AvgIpc) is 2.38. The first kappa shape index (κ1) is 13.0. The summed E-state index contributed by atoms with van der Waals surface area (Å²) in [6.45, 7) is 8.78. The fourth-order valence-electron chi connectivity index (χ4n) is 1.99. The van der Waals surface area contributed by atoms with Crippen molar-refractivity contribution in [1.29, 1.82) is 0 Å². The van der Waals surface area contributed by atoms with Crippen molar-refractivity contribution in [2.75, 3.05) is 6.54 Å². The molecule has 1 N–H and O–H groups in total. The molecule has 0 aliphatic heterocycles. The van der Waals surface area contributed by atoms with Crippen LogP contribution in [0.25, 0.3) is 10.8 Å². The largest absolute Gasteiger partial charge is 0.312 e. The van der Waals surface area contributed by atoms with E-state index in [4.69, 9.17) is 0 Å². The van der Waals surface area contributed by atoms with E-state index in [0.717, 1.165) is 19.0 Å². The standard InChI is InChI=1S/C16H22N2/c1-12(2)13(3)8-17-10-15-11-18-9-14-6-4-5-7-16(14)15/h4-7,9,11-13,17H,8,10H2,1-3H3. The zero-order valence-corrected chi connectivity index (χ0v) is 11.5. The molecule has 2 aromatic rings. The van der Waals surface area contributed by atoms with Crippen LogP contribution in [0.2, 0.25) is 0 Å². The Balaban J connectivity index is 2.04. The van der Waals surface area contributed by atoms with E-state index in [-0.39, 0.29) is 0 Å². The topological polar surface area (TPSA) is 24.9 Å². The summed E-state index contributed by atoms with van der Waals surface area (Å²) in [4.78, 5) is 4.31. The van der Waals surface area contributed by atoms with Crippen molar-refractivity contribution in [2.45, 2.75) is 27.3 Å². The number of nitrogens with zero attached hydrogens (tertiary/aromatic N) is 1. The van der Waals surface area contributed by atoms with Crippen molar-refractivity contribution in [2.24, 2.45) is 11.8 Å². The van der Waals surface area contributed by atoms with Gasteiger partial charge in [-0.2, -0.15) is 0 Å². The van der Waals surface area contributed by atoms with E-state index in [1.54, 1.807) is 0 Å². The second-order valence-electron chi connectivity index (χ2n) is 5.37. The third kappa shape index (κ3) is 3.08. The molecule has 1 unspecified atom stereocenters. The highest BCUT2D eigenvalue weighted by atomic mass is 14.9. The monoisotopic (exact) mass is 242 g/mol. The first-order valence-electron chi connectivity index (χ1n) is 6.71. The van der Waals surface area contributed by atoms with E-state index in [1.807, 2.05) is 12.4 Å². The van der Waals surface area contributed by atoms with Crippen molar-refractivity contribution < 1.29 is 0 Å². The van der Waals surface area contributed by atoms with Gasteiger partial charge in [0.2, 0.25) is 0 Å². The highest BCUT2D eigenvalue weighted by Gasteiger charge is 2.07. The van der Waals surface area contributed by atoms with E-state index >= 15 is 0 Å². The van der Waals surface area contributed by atoms with Gasteiger partial charge in [-0.25, -0.2) is 0 Å². The van der Waals surface area contributed by atoms with Gasteiger partial charge in [-0.3, -0.25) is 4.98 Å². The fourth-order valence-corrected chi connectivity index (χ4v) is 1.99. The Bertz CT molecular complexity index is 500. The van der Waals surface area contributed by atoms with Crippen molar-refractivity contribution in [3.05, 3.63) is 42.2 Å². The van der Waals surface area contributed by atoms with Gasteiger partial charge in [0.05, 0.1) is 0 Å². The summed E-state index contributed by atoms with van der Waals surface area (Å²) >= 11 is 0. The number of aromatic nitrogens is 1. The smallest absolute Gasteiger partial charge is 0.0346 e. The van der Waals surface area contributed by atoms with Crippen LogP contribution in [-0.4, -0.2) is 11.5 Å². The lowest BCUT2D eigenvalue weighted by molar-refractivity contribution is 0.393. The van der Waals surface area contributed by atoms with Gasteiger partial charge in [-0.1, -0.05) is 45.0 Å². The summed E-state index contributed by atoms with van der Waals surface area (Å²) in [5, 5.41) is 6.05. The van der Waals surface area contributed by atoms with Crippen LogP contribution >= 0.6 is 0 Å². The van der Waals surface area contributed by atoms with Gasteiger partial charge in [0.25, 0.3) is 0 Å². The predicted molar refractivity (Wildman–Crippen MR) is 77.5 cm³/mol. The second-order valence-corrected chi connectivity index (χ2v) is 5.37. The van der Waals surface area contributed by atoms with Crippen LogP contribution < -0.4 is 5.32 Å². The van der Waals surface area contributed by atoms with Crippen LogP contribution in [0.15, 0.2) is 36.7 Å². The fraction of sp³-hybridized carbons (Fsp3) is 0.438. The van der Waals surface area contributed by atoms with Crippen molar-refractivity contribution in [3.63, 3.8) is 0 Å². The summed E-state index contributed by atoms with van der Waals surface area (Å²) in [5.41, 5.74) is 1.28. The minimum absolute atomic E-state index is 0.702. The summed E-state index contributed by atoms with van der Waals surface area (Å²) in [6, 6.07) is 8.42. The quantitative estimate of drug-likeness (QED) is 0.866. The van der Waals surface area contributed by atoms with Gasteiger partial charge in [-0.05, 0) is 29.3 Å². The average molecular weight is 242 g/mol. The van der Waals surface area contributed by atoms with Gasteiger partial charge >= 0.3 is 0 Å². The predicted octanol–water partition coefficient (Wildman–Crippen LogP) is 3.62. The first-order chi connectivity index (χ1) is 8.68. The van der Waals surface area contributed by atoms with Gasteiger partial charge < -0.3 is 5.32 Å². The normalized spacial score (nSPS) is 13.1. The molecule has 96 valence electrons. The summed E-state index contributed by atoms with van der Waals surface area (Å²) < 4.78 is 0. The van der Waals surface area contributed by atoms with E-state index < -0.39 is 0 Å².